The van der Waals surface area contributed by atoms with Crippen LogP contribution in [-0.2, 0) is 56.8 Å². The van der Waals surface area contributed by atoms with Gasteiger partial charge in [0.2, 0.25) is 31.8 Å². The van der Waals surface area contributed by atoms with E-state index >= 15 is 0 Å². The van der Waals surface area contributed by atoms with Crippen LogP contribution in [0.2, 0.25) is 0 Å². The monoisotopic (exact) mass is 1100 g/mol. The second-order valence-corrected chi connectivity index (χ2v) is 23.7. The van der Waals surface area contributed by atoms with Gasteiger partial charge in [0.15, 0.2) is 0 Å². The lowest BCUT2D eigenvalue weighted by molar-refractivity contribution is -0.138. The van der Waals surface area contributed by atoms with Crippen molar-refractivity contribution in [3.8, 4) is 11.8 Å². The number of hydrogen-bond acceptors (Lipinski definition) is 14. The van der Waals surface area contributed by atoms with Crippen LogP contribution in [0.15, 0.2) is 107 Å². The minimum Gasteiger partial charge on any atom is -0.481 e. The zero-order chi connectivity index (χ0) is 55.8. The third-order valence-corrected chi connectivity index (χ3v) is 18.6. The molecule has 0 bridgehead atoms. The molecule has 0 spiro atoms. The predicted molar refractivity (Wildman–Crippen MR) is 290 cm³/mol. The van der Waals surface area contributed by atoms with Crippen LogP contribution in [-0.4, -0.2) is 113 Å². The molecule has 0 fully saturated rings. The summed E-state index contributed by atoms with van der Waals surface area (Å²) in [7, 11) is -4.12. The normalized spacial score (nSPS) is 17.8. The van der Waals surface area contributed by atoms with Crippen LogP contribution in [0.4, 0.5) is 0 Å². The molecule has 4 atom stereocenters. The molecule has 0 aliphatic carbocycles. The Balaban J connectivity index is 0.000000190. The number of hydrogen-bond donors (Lipinski definition) is 2. The Kier molecular flexibility index (Phi) is 15.8. The average Bonchev–Trinajstić information content (AvgIpc) is 3.99. The smallest absolute Gasteiger partial charge is 0.304 e. The Hall–Kier alpha value is -7.66. The topological polar surface area (TPSA) is 255 Å². The first-order valence-corrected chi connectivity index (χ1v) is 28.5. The number of aryl methyl sites for hydroxylation is 6. The van der Waals surface area contributed by atoms with E-state index in [9.17, 15) is 36.6 Å². The zero-order valence-electron chi connectivity index (χ0n) is 44.7. The number of carboxylic acid groups (broad SMARTS) is 2. The molecule has 2 aliphatic heterocycles. The van der Waals surface area contributed by atoms with Crippen LogP contribution >= 0.6 is 0 Å². The molecular formula is C56H62N10O10S2. The fourth-order valence-corrected chi connectivity index (χ4v) is 13.4. The number of aromatic nitrogens is 8. The van der Waals surface area contributed by atoms with Crippen LogP contribution < -0.4 is 9.47 Å². The molecule has 0 saturated heterocycles. The molecule has 20 nitrogen and oxygen atoms in total. The number of sulfonamides is 2. The number of ether oxygens (including phenoxy) is 2. The van der Waals surface area contributed by atoms with Gasteiger partial charge in [-0.2, -0.15) is 8.61 Å². The molecule has 4 aromatic heterocycles. The van der Waals surface area contributed by atoms with Crippen molar-refractivity contribution >= 4 is 54.1 Å². The van der Waals surface area contributed by atoms with E-state index in [2.05, 4.69) is 30.6 Å². The summed E-state index contributed by atoms with van der Waals surface area (Å²) in [5.74, 6) is -2.52. The Morgan fingerprint density at radius 2 is 1.00 bits per heavy atom. The van der Waals surface area contributed by atoms with Gasteiger partial charge in [-0.1, -0.05) is 72.8 Å². The highest BCUT2D eigenvalue weighted by Gasteiger charge is 2.37. The highest BCUT2D eigenvalue weighted by Crippen LogP contribution is 2.38. The number of aliphatic carboxylic acids is 2. The van der Waals surface area contributed by atoms with E-state index in [0.29, 0.717) is 12.8 Å². The summed E-state index contributed by atoms with van der Waals surface area (Å²) in [6, 6.07) is 25.4. The van der Waals surface area contributed by atoms with E-state index in [4.69, 9.17) is 9.47 Å². The van der Waals surface area contributed by atoms with Crippen molar-refractivity contribution < 1.29 is 46.1 Å². The van der Waals surface area contributed by atoms with Gasteiger partial charge in [0.25, 0.3) is 0 Å². The molecule has 6 heterocycles. The molecule has 22 heteroatoms. The van der Waals surface area contributed by atoms with Crippen LogP contribution in [0.25, 0.3) is 22.1 Å². The summed E-state index contributed by atoms with van der Waals surface area (Å²) in [5, 5.41) is 36.4. The third-order valence-electron chi connectivity index (χ3n) is 14.9. The molecule has 8 aromatic rings. The van der Waals surface area contributed by atoms with Crippen molar-refractivity contribution in [1.29, 1.82) is 0 Å². The first-order valence-electron chi connectivity index (χ1n) is 25.6. The molecule has 2 unspecified atom stereocenters. The SMILES string of the molecule is CC[C@@H]1CN(Cc2cc(C(CC(=O)O)c3ccc4c(nnn4C)c3C)ccc2C)S(=O)(=O)c2cccnc2O1.CC[C@@H]1CN(Cc2cc(C(CC(=O)O)c3ccc4c(nnn4C)c3C)ccc2C)S(=O)(=O)c2cccnc2O1. The number of fused-ring (bicyclic) bond motifs is 4. The molecule has 2 aliphatic rings. The highest BCUT2D eigenvalue weighted by atomic mass is 32.2. The number of benzene rings is 4. The highest BCUT2D eigenvalue weighted by molar-refractivity contribution is 7.89. The maximum absolute atomic E-state index is 13.7. The summed E-state index contributed by atoms with van der Waals surface area (Å²) in [6.07, 6.45) is 3.34. The molecular weight excluding hydrogens is 1040 g/mol. The van der Waals surface area contributed by atoms with Gasteiger partial charge < -0.3 is 19.7 Å². The average molecular weight is 1100 g/mol. The molecule has 4 aromatic carbocycles. The van der Waals surface area contributed by atoms with Gasteiger partial charge in [0.05, 0.1) is 37.0 Å². The van der Waals surface area contributed by atoms with Gasteiger partial charge in [-0.15, -0.1) is 10.2 Å². The summed E-state index contributed by atoms with van der Waals surface area (Å²) in [6.45, 7) is 12.2. The van der Waals surface area contributed by atoms with Gasteiger partial charge in [0.1, 0.15) is 33.0 Å². The lowest BCUT2D eigenvalue weighted by Crippen LogP contribution is -2.36. The number of carboxylic acids is 2. The lowest BCUT2D eigenvalue weighted by atomic mass is 9.84. The summed E-state index contributed by atoms with van der Waals surface area (Å²) in [5.41, 5.74) is 11.6. The maximum atomic E-state index is 13.7. The molecule has 408 valence electrons. The van der Waals surface area contributed by atoms with Gasteiger partial charge in [0, 0.05) is 51.4 Å². The molecule has 78 heavy (non-hydrogen) atoms. The lowest BCUT2D eigenvalue weighted by Gasteiger charge is -2.24. The fourth-order valence-electron chi connectivity index (χ4n) is 10.3. The number of nitrogens with zero attached hydrogens (tertiary/aromatic N) is 10. The van der Waals surface area contributed by atoms with Crippen LogP contribution in [0.5, 0.6) is 11.8 Å². The Bertz CT molecular complexity index is 3580. The quantitative estimate of drug-likeness (QED) is 0.105. The molecule has 10 rings (SSSR count). The summed E-state index contributed by atoms with van der Waals surface area (Å²) < 4.78 is 72.8. The molecule has 0 amide bonds. The zero-order valence-corrected chi connectivity index (χ0v) is 46.3. The number of carbonyl (C=O) groups is 2. The van der Waals surface area contributed by atoms with E-state index in [1.54, 1.807) is 21.5 Å². The van der Waals surface area contributed by atoms with Crippen LogP contribution in [0, 0.1) is 27.7 Å². The maximum Gasteiger partial charge on any atom is 0.304 e. The summed E-state index contributed by atoms with van der Waals surface area (Å²) in [4.78, 5) is 32.4. The predicted octanol–water partition coefficient (Wildman–Crippen LogP) is 7.90. The van der Waals surface area contributed by atoms with Crippen molar-refractivity contribution in [1.82, 2.24) is 48.6 Å². The molecule has 0 saturated carbocycles. The first-order chi connectivity index (χ1) is 37.2. The second kappa shape index (κ2) is 22.4. The van der Waals surface area contributed by atoms with Gasteiger partial charge in [-0.3, -0.25) is 9.59 Å². The van der Waals surface area contributed by atoms with Gasteiger partial charge >= 0.3 is 11.9 Å². The minimum atomic E-state index is -3.88. The van der Waals surface area contributed by atoms with Crippen molar-refractivity contribution in [3.63, 3.8) is 0 Å². The fraction of sp³-hybridized carbons (Fsp3) is 0.357. The Morgan fingerprint density at radius 1 is 0.603 bits per heavy atom. The van der Waals surface area contributed by atoms with E-state index < -0.39 is 43.8 Å². The summed E-state index contributed by atoms with van der Waals surface area (Å²) >= 11 is 0. The van der Waals surface area contributed by atoms with Gasteiger partial charge in [-0.05, 0) is 133 Å². The first kappa shape index (κ1) is 55.1. The van der Waals surface area contributed by atoms with Gasteiger partial charge in [-0.25, -0.2) is 36.2 Å². The van der Waals surface area contributed by atoms with Crippen molar-refractivity contribution in [2.24, 2.45) is 14.1 Å². The largest absolute Gasteiger partial charge is 0.481 e. The van der Waals surface area contributed by atoms with Crippen LogP contribution in [0.1, 0.15) is 107 Å². The Labute approximate surface area is 452 Å². The molecule has 2 N–H and O–H groups in total. The molecule has 0 radical (unpaired) electrons. The van der Waals surface area contributed by atoms with E-state index in [0.717, 1.165) is 77.7 Å². The van der Waals surface area contributed by atoms with E-state index in [1.165, 1.54) is 33.1 Å². The van der Waals surface area contributed by atoms with Crippen molar-refractivity contribution in [2.45, 2.75) is 114 Å². The minimum absolute atomic E-state index is 0.0476. The van der Waals surface area contributed by atoms with Crippen molar-refractivity contribution in [2.75, 3.05) is 13.1 Å². The van der Waals surface area contributed by atoms with Crippen LogP contribution in [0.3, 0.4) is 0 Å². The standard InChI is InChI=1S/2C28H31N5O5S/c2*1-5-21-16-33(39(36,37)25-7-6-12-29-28(25)38-21)15-20-13-19(9-8-17(20)2)23(14-26(34)35)22-10-11-24-27(18(22)3)30-31-32(24)4/h2*6-13,21,23H,5,14-16H2,1-4H3,(H,34,35)/t2*21-,23?/m11/s1. The second-order valence-electron chi connectivity index (χ2n) is 19.9. The van der Waals surface area contributed by atoms with E-state index in [1.807, 2.05) is 116 Å². The number of pyridine rings is 2. The van der Waals surface area contributed by atoms with E-state index in [-0.39, 0.29) is 72.8 Å². The number of rotatable bonds is 14. The Morgan fingerprint density at radius 3 is 1.37 bits per heavy atom. The van der Waals surface area contributed by atoms with Crippen molar-refractivity contribution in [3.05, 3.63) is 153 Å². The third kappa shape index (κ3) is 10.9.